The Bertz CT molecular complexity index is 1580. The number of aromatic nitrogens is 2. The van der Waals surface area contributed by atoms with E-state index in [1.165, 1.54) is 31.2 Å². The van der Waals surface area contributed by atoms with Gasteiger partial charge in [0.25, 0.3) is 5.56 Å². The molecule has 4 rings (SSSR count). The number of piperazine rings is 1. The number of sulfone groups is 1. The van der Waals surface area contributed by atoms with Gasteiger partial charge in [-0.3, -0.25) is 14.3 Å². The van der Waals surface area contributed by atoms with Crippen molar-refractivity contribution in [2.24, 2.45) is 0 Å². The largest absolute Gasteiger partial charge is 0.573 e. The number of nitrogens with one attached hydrogen (secondary N) is 1. The quantitative estimate of drug-likeness (QED) is 0.463. The highest BCUT2D eigenvalue weighted by atomic mass is 35.5. The Morgan fingerprint density at radius 3 is 2.34 bits per heavy atom. The Kier molecular flexibility index (Phi) is 7.94. The first-order chi connectivity index (χ1) is 17.8. The Morgan fingerprint density at radius 1 is 1.03 bits per heavy atom. The number of alkyl halides is 3. The van der Waals surface area contributed by atoms with E-state index < -0.39 is 39.7 Å². The first-order valence-corrected chi connectivity index (χ1v) is 13.8. The highest BCUT2D eigenvalue weighted by molar-refractivity contribution is 7.91. The molecule has 3 aromatic rings. The van der Waals surface area contributed by atoms with Crippen LogP contribution in [0.1, 0.15) is 18.1 Å². The molecule has 0 amide bonds. The number of fused-ring (bicyclic) bond motifs is 1. The molecule has 1 aliphatic heterocycles. The molecule has 0 atom stereocenters. The second-order valence-electron chi connectivity index (χ2n) is 9.11. The summed E-state index contributed by atoms with van der Waals surface area (Å²) in [5.41, 5.74) is -1.44. The first-order valence-electron chi connectivity index (χ1n) is 11.7. The molecule has 0 radical (unpaired) electrons. The fourth-order valence-corrected chi connectivity index (χ4v) is 5.66. The van der Waals surface area contributed by atoms with Crippen LogP contribution in [0.4, 0.5) is 13.2 Å². The maximum absolute atomic E-state index is 13.3. The number of rotatable bonds is 7. The highest BCUT2D eigenvalue weighted by Crippen LogP contribution is 2.30. The minimum atomic E-state index is -5.00. The van der Waals surface area contributed by atoms with Gasteiger partial charge >= 0.3 is 12.1 Å². The molecule has 0 unspecified atom stereocenters. The summed E-state index contributed by atoms with van der Waals surface area (Å²) in [5, 5.41) is -0.0253. The van der Waals surface area contributed by atoms with Gasteiger partial charge in [-0.25, -0.2) is 13.2 Å². The Balaban J connectivity index is 1.82. The monoisotopic (exact) mass is 574 g/mol. The summed E-state index contributed by atoms with van der Waals surface area (Å²) in [6.45, 7) is 3.85. The molecule has 0 aliphatic carbocycles. The minimum Gasteiger partial charge on any atom is -0.405 e. The molecule has 0 spiro atoms. The zero-order valence-corrected chi connectivity index (χ0v) is 22.2. The van der Waals surface area contributed by atoms with Crippen LogP contribution in [-0.4, -0.2) is 73.1 Å². The third-order valence-corrected chi connectivity index (χ3v) is 8.51. The van der Waals surface area contributed by atoms with E-state index in [2.05, 4.69) is 14.6 Å². The van der Waals surface area contributed by atoms with Crippen LogP contribution < -0.4 is 16.0 Å². The number of H-pyrrole nitrogens is 1. The molecule has 0 bridgehead atoms. The van der Waals surface area contributed by atoms with E-state index in [0.29, 0.717) is 13.1 Å². The van der Waals surface area contributed by atoms with Crippen LogP contribution in [0.25, 0.3) is 10.9 Å². The number of nitrogens with zero attached hydrogens (tertiary/aromatic N) is 3. The zero-order valence-electron chi connectivity index (χ0n) is 20.6. The second-order valence-corrected chi connectivity index (χ2v) is 11.8. The van der Waals surface area contributed by atoms with Gasteiger partial charge in [-0.05, 0) is 42.9 Å². The van der Waals surface area contributed by atoms with Crippen LogP contribution in [0.2, 0.25) is 5.02 Å². The number of aromatic amines is 1. The zero-order chi connectivity index (χ0) is 27.8. The van der Waals surface area contributed by atoms with Crippen LogP contribution in [0, 0.1) is 0 Å². The number of hydrogen-bond donors (Lipinski definition) is 1. The molecule has 1 aromatic heterocycles. The summed E-state index contributed by atoms with van der Waals surface area (Å²) in [6.07, 6.45) is -5.00. The average molecular weight is 575 g/mol. The minimum absolute atomic E-state index is 0.0439. The Labute approximate surface area is 221 Å². The molecule has 9 nitrogen and oxygen atoms in total. The van der Waals surface area contributed by atoms with Crippen LogP contribution in [0.15, 0.2) is 44.8 Å². The van der Waals surface area contributed by atoms with Crippen molar-refractivity contribution >= 4 is 32.3 Å². The molecule has 2 aromatic carbocycles. The van der Waals surface area contributed by atoms with Crippen LogP contribution in [0.3, 0.4) is 0 Å². The van der Waals surface area contributed by atoms with Gasteiger partial charge in [-0.2, -0.15) is 0 Å². The van der Waals surface area contributed by atoms with Crippen molar-refractivity contribution in [3.63, 3.8) is 0 Å². The second kappa shape index (κ2) is 10.7. The molecule has 14 heteroatoms. The summed E-state index contributed by atoms with van der Waals surface area (Å²) < 4.78 is 69.9. The number of halogens is 4. The lowest BCUT2D eigenvalue weighted by Crippen LogP contribution is -2.44. The Morgan fingerprint density at radius 2 is 1.71 bits per heavy atom. The third kappa shape index (κ3) is 6.22. The van der Waals surface area contributed by atoms with Crippen molar-refractivity contribution in [2.45, 2.75) is 31.3 Å². The molecule has 1 aliphatic rings. The van der Waals surface area contributed by atoms with Gasteiger partial charge in [-0.1, -0.05) is 18.5 Å². The molecule has 1 saturated heterocycles. The van der Waals surface area contributed by atoms with E-state index in [1.807, 2.05) is 11.9 Å². The summed E-state index contributed by atoms with van der Waals surface area (Å²) in [4.78, 5) is 32.8. The van der Waals surface area contributed by atoms with Crippen molar-refractivity contribution in [3.8, 4) is 5.75 Å². The summed E-state index contributed by atoms with van der Waals surface area (Å²) in [7, 11) is -1.77. The molecule has 38 heavy (non-hydrogen) atoms. The fourth-order valence-electron chi connectivity index (χ4n) is 4.36. The standard InChI is InChI=1S/C24H26ClF3N4O5S/c1-3-38(35,36)21-5-4-17(25)10-16(21)14-32-22(33)18-12-20(37-24(26,27)28)15(11-19(18)29-23(32)34)13-31-8-6-30(2)7-9-31/h4-5,10-12H,3,6-9,13-14H2,1-2H3,(H,29,34). The number of ether oxygens (including phenoxy) is 1. The van der Waals surface area contributed by atoms with Gasteiger partial charge < -0.3 is 14.6 Å². The lowest BCUT2D eigenvalue weighted by Gasteiger charge is -2.32. The molecular weight excluding hydrogens is 549 g/mol. The van der Waals surface area contributed by atoms with Crippen molar-refractivity contribution < 1.29 is 26.3 Å². The van der Waals surface area contributed by atoms with Crippen molar-refractivity contribution in [2.75, 3.05) is 39.0 Å². The van der Waals surface area contributed by atoms with Crippen LogP contribution in [-0.2, 0) is 22.9 Å². The van der Waals surface area contributed by atoms with E-state index in [4.69, 9.17) is 11.6 Å². The van der Waals surface area contributed by atoms with Crippen molar-refractivity contribution in [1.82, 2.24) is 19.4 Å². The maximum atomic E-state index is 13.3. The predicted molar refractivity (Wildman–Crippen MR) is 137 cm³/mol. The van der Waals surface area contributed by atoms with Crippen molar-refractivity contribution in [3.05, 3.63) is 67.3 Å². The first kappa shape index (κ1) is 28.1. The molecule has 2 heterocycles. The Hall–Kier alpha value is -2.87. The molecule has 1 N–H and O–H groups in total. The average Bonchev–Trinajstić information content (AvgIpc) is 2.83. The smallest absolute Gasteiger partial charge is 0.405 e. The van der Waals surface area contributed by atoms with E-state index in [0.717, 1.165) is 23.7 Å². The lowest BCUT2D eigenvalue weighted by molar-refractivity contribution is -0.274. The normalized spacial score (nSPS) is 15.7. The SMILES string of the molecule is CCS(=O)(=O)c1ccc(Cl)cc1Cn1c(=O)[nH]c2cc(CN3CCN(C)CC3)c(OC(F)(F)F)cc2c1=O. The maximum Gasteiger partial charge on any atom is 0.573 e. The lowest BCUT2D eigenvalue weighted by atomic mass is 10.1. The van der Waals surface area contributed by atoms with Crippen molar-refractivity contribution in [1.29, 1.82) is 0 Å². The molecule has 0 saturated carbocycles. The van der Waals surface area contributed by atoms with Crippen LogP contribution in [0.5, 0.6) is 5.75 Å². The van der Waals surface area contributed by atoms with E-state index >= 15 is 0 Å². The highest BCUT2D eigenvalue weighted by Gasteiger charge is 2.33. The number of hydrogen-bond acceptors (Lipinski definition) is 7. The third-order valence-electron chi connectivity index (χ3n) is 6.44. The molecule has 206 valence electrons. The van der Waals surface area contributed by atoms with Gasteiger partial charge in [0, 0.05) is 43.3 Å². The van der Waals surface area contributed by atoms with Gasteiger partial charge in [0.15, 0.2) is 9.84 Å². The fraction of sp³-hybridized carbons (Fsp3) is 0.417. The molecular formula is C24H26ClF3N4O5S. The van der Waals surface area contributed by atoms with Gasteiger partial charge in [0.2, 0.25) is 0 Å². The summed E-state index contributed by atoms with van der Waals surface area (Å²) >= 11 is 6.04. The van der Waals surface area contributed by atoms with E-state index in [9.17, 15) is 31.2 Å². The van der Waals surface area contributed by atoms with Crippen LogP contribution >= 0.6 is 11.6 Å². The topological polar surface area (TPSA) is 105 Å². The number of benzene rings is 2. The van der Waals surface area contributed by atoms with E-state index in [1.54, 1.807) is 0 Å². The van der Waals surface area contributed by atoms with E-state index in [-0.39, 0.29) is 44.2 Å². The van der Waals surface area contributed by atoms with Gasteiger partial charge in [-0.15, -0.1) is 13.2 Å². The van der Waals surface area contributed by atoms with Gasteiger partial charge in [0.05, 0.1) is 28.1 Å². The predicted octanol–water partition coefficient (Wildman–Crippen LogP) is 2.83. The number of likely N-dealkylation sites (N-methyl/N-ethyl adjacent to an activating group) is 1. The van der Waals surface area contributed by atoms with Gasteiger partial charge in [0.1, 0.15) is 5.75 Å². The summed E-state index contributed by atoms with van der Waals surface area (Å²) in [6, 6.07) is 6.27. The molecule has 1 fully saturated rings. The summed E-state index contributed by atoms with van der Waals surface area (Å²) in [5.74, 6) is -0.768.